The highest BCUT2D eigenvalue weighted by Gasteiger charge is 2.44. The van der Waals surface area contributed by atoms with E-state index in [2.05, 4.69) is 15.6 Å². The summed E-state index contributed by atoms with van der Waals surface area (Å²) in [7, 11) is 3.66. The molecule has 0 saturated carbocycles. The standard InChI is InChI=1S/C32H30F3N5O5/c1-39(2)24-15-13-23(14-16-24)29-36-18-26(38-31(44)45-20-22-11-7-4-8-12-22)30(43)40(29)19-27(41)37-25(28(42)32(33,34)35)17-21-9-5-3-6-10-21/h3-16,18,25H,17,19-20H2,1-2H3,(H,37,41)(H,38,44). The molecule has 4 rings (SSSR count). The summed E-state index contributed by atoms with van der Waals surface area (Å²) in [6.45, 7) is -0.884. The van der Waals surface area contributed by atoms with Gasteiger partial charge in [-0.25, -0.2) is 9.78 Å². The zero-order chi connectivity index (χ0) is 32.6. The van der Waals surface area contributed by atoms with Gasteiger partial charge in [0.2, 0.25) is 5.91 Å². The van der Waals surface area contributed by atoms with Gasteiger partial charge >= 0.3 is 12.3 Å². The first-order valence-corrected chi connectivity index (χ1v) is 13.7. The van der Waals surface area contributed by atoms with Crippen molar-refractivity contribution in [3.8, 4) is 11.4 Å². The number of hydrogen-bond donors (Lipinski definition) is 2. The van der Waals surface area contributed by atoms with Gasteiger partial charge in [0, 0.05) is 31.8 Å². The van der Waals surface area contributed by atoms with Crippen LogP contribution >= 0.6 is 0 Å². The van der Waals surface area contributed by atoms with Crippen LogP contribution in [0, 0.1) is 0 Å². The van der Waals surface area contributed by atoms with Crippen molar-refractivity contribution in [3.05, 3.63) is 113 Å². The molecule has 2 N–H and O–H groups in total. The fraction of sp³-hybridized carbons (Fsp3) is 0.219. The van der Waals surface area contributed by atoms with Crippen LogP contribution in [0.15, 0.2) is 95.9 Å². The number of nitrogens with zero attached hydrogens (tertiary/aromatic N) is 3. The third-order valence-electron chi connectivity index (χ3n) is 6.65. The van der Waals surface area contributed by atoms with Crippen LogP contribution in [0.4, 0.5) is 29.3 Å². The molecule has 2 amide bonds. The second-order valence-electron chi connectivity index (χ2n) is 10.2. The minimum atomic E-state index is -5.21. The van der Waals surface area contributed by atoms with E-state index in [0.717, 1.165) is 16.5 Å². The Morgan fingerprint density at radius 3 is 2.09 bits per heavy atom. The summed E-state index contributed by atoms with van der Waals surface area (Å²) in [6, 6.07) is 21.6. The van der Waals surface area contributed by atoms with Gasteiger partial charge in [-0.3, -0.25) is 24.3 Å². The Morgan fingerprint density at radius 1 is 0.911 bits per heavy atom. The van der Waals surface area contributed by atoms with Crippen molar-refractivity contribution in [1.82, 2.24) is 14.9 Å². The van der Waals surface area contributed by atoms with E-state index >= 15 is 0 Å². The summed E-state index contributed by atoms with van der Waals surface area (Å²) in [5.74, 6) is -3.18. The maximum Gasteiger partial charge on any atom is 0.452 e. The van der Waals surface area contributed by atoms with Crippen LogP contribution < -0.4 is 21.1 Å². The minimum absolute atomic E-state index is 0.00502. The molecule has 0 radical (unpaired) electrons. The Bertz CT molecular complexity index is 1690. The van der Waals surface area contributed by atoms with Gasteiger partial charge in [0.1, 0.15) is 30.7 Å². The lowest BCUT2D eigenvalue weighted by molar-refractivity contribution is -0.173. The van der Waals surface area contributed by atoms with Crippen molar-refractivity contribution in [2.45, 2.75) is 31.8 Å². The number of ether oxygens (including phenoxy) is 1. The first kappa shape index (κ1) is 32.5. The molecule has 0 aliphatic rings. The van der Waals surface area contributed by atoms with E-state index in [1.54, 1.807) is 72.8 Å². The van der Waals surface area contributed by atoms with Crippen molar-refractivity contribution in [1.29, 1.82) is 0 Å². The molecule has 0 aliphatic carbocycles. The number of ketones is 1. The zero-order valence-corrected chi connectivity index (χ0v) is 24.4. The number of carbonyl (C=O) groups is 3. The average molecular weight is 622 g/mol. The number of alkyl halides is 3. The summed E-state index contributed by atoms with van der Waals surface area (Å²) in [5.41, 5.74) is 1.14. The number of carbonyl (C=O) groups excluding carboxylic acids is 3. The quantitative estimate of drug-likeness (QED) is 0.251. The van der Waals surface area contributed by atoms with E-state index in [0.29, 0.717) is 16.7 Å². The largest absolute Gasteiger partial charge is 0.452 e. The first-order chi connectivity index (χ1) is 21.4. The normalized spacial score (nSPS) is 11.8. The van der Waals surface area contributed by atoms with Gasteiger partial charge in [0.05, 0.1) is 6.20 Å². The van der Waals surface area contributed by atoms with Gasteiger partial charge in [0.15, 0.2) is 0 Å². The molecular weight excluding hydrogens is 591 g/mol. The number of amides is 2. The summed E-state index contributed by atoms with van der Waals surface area (Å²) < 4.78 is 46.4. The summed E-state index contributed by atoms with van der Waals surface area (Å²) in [5, 5.41) is 4.44. The Kier molecular flexibility index (Phi) is 10.3. The number of rotatable bonds is 11. The lowest BCUT2D eigenvalue weighted by Gasteiger charge is -2.20. The fourth-order valence-corrected chi connectivity index (χ4v) is 4.37. The van der Waals surface area contributed by atoms with E-state index in [1.807, 2.05) is 19.0 Å². The van der Waals surface area contributed by atoms with Gasteiger partial charge in [-0.05, 0) is 35.4 Å². The molecule has 45 heavy (non-hydrogen) atoms. The van der Waals surface area contributed by atoms with Gasteiger partial charge in [-0.1, -0.05) is 60.7 Å². The predicted molar refractivity (Wildman–Crippen MR) is 162 cm³/mol. The highest BCUT2D eigenvalue weighted by Crippen LogP contribution is 2.22. The van der Waals surface area contributed by atoms with Crippen LogP contribution in [0.25, 0.3) is 11.4 Å². The fourth-order valence-electron chi connectivity index (χ4n) is 4.37. The van der Waals surface area contributed by atoms with E-state index in [1.165, 1.54) is 12.1 Å². The Hall–Kier alpha value is -5.46. The summed E-state index contributed by atoms with van der Waals surface area (Å²) in [4.78, 5) is 57.6. The molecule has 1 heterocycles. The molecule has 234 valence electrons. The molecular formula is C32H30F3N5O5. The zero-order valence-electron chi connectivity index (χ0n) is 24.4. The van der Waals surface area contributed by atoms with E-state index in [4.69, 9.17) is 4.74 Å². The smallest absolute Gasteiger partial charge is 0.444 e. The number of nitrogens with one attached hydrogen (secondary N) is 2. The maximum absolute atomic E-state index is 13.6. The molecule has 10 nitrogen and oxygen atoms in total. The van der Waals surface area contributed by atoms with Crippen molar-refractivity contribution in [3.63, 3.8) is 0 Å². The SMILES string of the molecule is CN(C)c1ccc(-c2ncc(NC(=O)OCc3ccccc3)c(=O)n2CC(=O)NC(Cc2ccccc2)C(=O)C(F)(F)F)cc1. The van der Waals surface area contributed by atoms with Crippen molar-refractivity contribution in [2.75, 3.05) is 24.3 Å². The second kappa shape index (κ2) is 14.3. The van der Waals surface area contributed by atoms with E-state index < -0.39 is 48.5 Å². The third-order valence-corrected chi connectivity index (χ3v) is 6.65. The number of halogens is 3. The molecule has 13 heteroatoms. The Balaban J connectivity index is 1.63. The summed E-state index contributed by atoms with van der Waals surface area (Å²) >= 11 is 0. The minimum Gasteiger partial charge on any atom is -0.444 e. The number of Topliss-reactive ketones (excluding diaryl/α,β-unsaturated/α-hetero) is 1. The molecule has 0 aliphatic heterocycles. The molecule has 0 spiro atoms. The van der Waals surface area contributed by atoms with Crippen molar-refractivity contribution >= 4 is 29.2 Å². The van der Waals surface area contributed by atoms with Crippen molar-refractivity contribution in [2.24, 2.45) is 0 Å². The highest BCUT2D eigenvalue weighted by atomic mass is 19.4. The number of aromatic nitrogens is 2. The van der Waals surface area contributed by atoms with Crippen molar-refractivity contribution < 1.29 is 32.3 Å². The summed E-state index contributed by atoms with van der Waals surface area (Å²) in [6.07, 6.45) is -5.50. The van der Waals surface area contributed by atoms with Crippen LogP contribution in [-0.2, 0) is 33.9 Å². The number of hydrogen-bond acceptors (Lipinski definition) is 7. The molecule has 1 unspecified atom stereocenters. The van der Waals surface area contributed by atoms with E-state index in [-0.39, 0.29) is 18.1 Å². The molecule has 0 bridgehead atoms. The lowest BCUT2D eigenvalue weighted by atomic mass is 10.0. The predicted octanol–water partition coefficient (Wildman–Crippen LogP) is 4.58. The van der Waals surface area contributed by atoms with Gasteiger partial charge in [-0.15, -0.1) is 0 Å². The first-order valence-electron chi connectivity index (χ1n) is 13.7. The topological polar surface area (TPSA) is 123 Å². The Morgan fingerprint density at radius 2 is 1.51 bits per heavy atom. The Labute approximate surface area is 256 Å². The van der Waals surface area contributed by atoms with Crippen LogP contribution in [0.3, 0.4) is 0 Å². The lowest BCUT2D eigenvalue weighted by Crippen LogP contribution is -2.49. The highest BCUT2D eigenvalue weighted by molar-refractivity contribution is 5.93. The molecule has 4 aromatic rings. The molecule has 3 aromatic carbocycles. The number of benzene rings is 3. The monoisotopic (exact) mass is 621 g/mol. The second-order valence-corrected chi connectivity index (χ2v) is 10.2. The molecule has 1 aromatic heterocycles. The van der Waals surface area contributed by atoms with Gasteiger partial charge < -0.3 is 15.0 Å². The van der Waals surface area contributed by atoms with Gasteiger partial charge in [-0.2, -0.15) is 13.2 Å². The van der Waals surface area contributed by atoms with Crippen LogP contribution in [0.5, 0.6) is 0 Å². The molecule has 0 saturated heterocycles. The van der Waals surface area contributed by atoms with Crippen LogP contribution in [0.1, 0.15) is 11.1 Å². The third kappa shape index (κ3) is 8.78. The average Bonchev–Trinajstić information content (AvgIpc) is 3.02. The molecule has 1 atom stereocenters. The molecule has 0 fully saturated rings. The van der Waals surface area contributed by atoms with Crippen LogP contribution in [-0.4, -0.2) is 53.6 Å². The van der Waals surface area contributed by atoms with Gasteiger partial charge in [0.25, 0.3) is 11.3 Å². The maximum atomic E-state index is 13.6. The van der Waals surface area contributed by atoms with E-state index in [9.17, 15) is 32.3 Å². The number of anilines is 2. The van der Waals surface area contributed by atoms with Crippen LogP contribution in [0.2, 0.25) is 0 Å².